The van der Waals surface area contributed by atoms with Crippen molar-refractivity contribution in [3.63, 3.8) is 0 Å². The first-order valence-electron chi connectivity index (χ1n) is 4.74. The third-order valence-electron chi connectivity index (χ3n) is 2.38. The van der Waals surface area contributed by atoms with Crippen molar-refractivity contribution in [2.24, 2.45) is 0 Å². The summed E-state index contributed by atoms with van der Waals surface area (Å²) < 4.78 is 2.97. The van der Waals surface area contributed by atoms with E-state index in [1.54, 1.807) is 0 Å². The number of hydrogen-bond acceptors (Lipinski definition) is 2. The van der Waals surface area contributed by atoms with Gasteiger partial charge in [-0.05, 0) is 18.2 Å². The normalized spacial score (nSPS) is 13.3. The van der Waals surface area contributed by atoms with Crippen LogP contribution < -0.4 is 0 Å². The van der Waals surface area contributed by atoms with Crippen molar-refractivity contribution in [1.82, 2.24) is 4.57 Å². The summed E-state index contributed by atoms with van der Waals surface area (Å²) in [6.45, 7) is 0.199. The SMILES string of the molecule is OC[C@@H](O)Cn1ccc2c(Br)cccc21. The van der Waals surface area contributed by atoms with E-state index in [0.717, 1.165) is 15.4 Å². The van der Waals surface area contributed by atoms with Crippen LogP contribution in [0.15, 0.2) is 34.9 Å². The fraction of sp³-hybridized carbons (Fsp3) is 0.273. The number of hydrogen-bond donors (Lipinski definition) is 2. The third-order valence-corrected chi connectivity index (χ3v) is 3.07. The molecular formula is C11H12BrNO2. The minimum absolute atomic E-state index is 0.215. The van der Waals surface area contributed by atoms with Gasteiger partial charge in [0.05, 0.1) is 19.3 Å². The zero-order valence-corrected chi connectivity index (χ0v) is 9.68. The van der Waals surface area contributed by atoms with Crippen LogP contribution in [0.5, 0.6) is 0 Å². The van der Waals surface area contributed by atoms with Gasteiger partial charge in [-0.1, -0.05) is 22.0 Å². The highest BCUT2D eigenvalue weighted by molar-refractivity contribution is 9.10. The molecule has 1 heterocycles. The van der Waals surface area contributed by atoms with Gasteiger partial charge >= 0.3 is 0 Å². The predicted molar refractivity (Wildman–Crippen MR) is 62.7 cm³/mol. The van der Waals surface area contributed by atoms with Crippen LogP contribution in [-0.2, 0) is 6.54 Å². The zero-order chi connectivity index (χ0) is 10.8. The number of benzene rings is 1. The van der Waals surface area contributed by atoms with E-state index in [4.69, 9.17) is 5.11 Å². The van der Waals surface area contributed by atoms with E-state index in [-0.39, 0.29) is 6.61 Å². The Morgan fingerprint density at radius 1 is 1.33 bits per heavy atom. The van der Waals surface area contributed by atoms with Gasteiger partial charge in [0.15, 0.2) is 0 Å². The lowest BCUT2D eigenvalue weighted by molar-refractivity contribution is 0.0822. The van der Waals surface area contributed by atoms with Crippen LogP contribution in [0.1, 0.15) is 0 Å². The Balaban J connectivity index is 2.41. The second kappa shape index (κ2) is 4.35. The maximum absolute atomic E-state index is 9.38. The fourth-order valence-electron chi connectivity index (χ4n) is 1.63. The molecule has 0 radical (unpaired) electrons. The standard InChI is InChI=1S/C11H12BrNO2/c12-10-2-1-3-11-9(10)4-5-13(11)6-8(15)7-14/h1-5,8,14-15H,6-7H2/t8-/m0/s1. The predicted octanol–water partition coefficient (Wildman–Crippen LogP) is 1.76. The number of aromatic nitrogens is 1. The van der Waals surface area contributed by atoms with Crippen molar-refractivity contribution in [2.75, 3.05) is 6.61 Å². The van der Waals surface area contributed by atoms with Gasteiger partial charge < -0.3 is 14.8 Å². The number of halogens is 1. The van der Waals surface area contributed by atoms with Crippen LogP contribution in [0.3, 0.4) is 0 Å². The molecule has 4 heteroatoms. The number of nitrogens with zero attached hydrogens (tertiary/aromatic N) is 1. The fourth-order valence-corrected chi connectivity index (χ4v) is 2.12. The molecule has 0 saturated carbocycles. The topological polar surface area (TPSA) is 45.4 Å². The van der Waals surface area contributed by atoms with Crippen molar-refractivity contribution in [1.29, 1.82) is 0 Å². The lowest BCUT2D eigenvalue weighted by Crippen LogP contribution is -2.19. The summed E-state index contributed by atoms with van der Waals surface area (Å²) in [5.41, 5.74) is 1.05. The summed E-state index contributed by atoms with van der Waals surface area (Å²) in [5.74, 6) is 0. The molecule has 0 spiro atoms. The lowest BCUT2D eigenvalue weighted by atomic mass is 10.2. The monoisotopic (exact) mass is 269 g/mol. The lowest BCUT2D eigenvalue weighted by Gasteiger charge is -2.09. The molecule has 0 aliphatic heterocycles. The molecule has 80 valence electrons. The molecule has 0 aliphatic carbocycles. The first-order chi connectivity index (χ1) is 7.22. The molecule has 0 bridgehead atoms. The first kappa shape index (κ1) is 10.7. The van der Waals surface area contributed by atoms with E-state index >= 15 is 0 Å². The number of aliphatic hydroxyl groups excluding tert-OH is 2. The molecule has 1 atom stereocenters. The summed E-state index contributed by atoms with van der Waals surface area (Å²) in [7, 11) is 0. The molecule has 2 aromatic rings. The highest BCUT2D eigenvalue weighted by atomic mass is 79.9. The van der Waals surface area contributed by atoms with E-state index in [1.807, 2.05) is 35.0 Å². The molecule has 0 fully saturated rings. The largest absolute Gasteiger partial charge is 0.394 e. The van der Waals surface area contributed by atoms with Crippen LogP contribution in [-0.4, -0.2) is 27.5 Å². The van der Waals surface area contributed by atoms with E-state index in [1.165, 1.54) is 0 Å². The average molecular weight is 270 g/mol. The van der Waals surface area contributed by atoms with Gasteiger partial charge in [-0.15, -0.1) is 0 Å². The van der Waals surface area contributed by atoms with E-state index in [9.17, 15) is 5.11 Å². The van der Waals surface area contributed by atoms with Crippen LogP contribution in [0.4, 0.5) is 0 Å². The molecule has 0 aliphatic rings. The smallest absolute Gasteiger partial charge is 0.0949 e. The number of fused-ring (bicyclic) bond motifs is 1. The van der Waals surface area contributed by atoms with Crippen molar-refractivity contribution in [3.8, 4) is 0 Å². The molecule has 0 amide bonds. The molecule has 2 rings (SSSR count). The van der Waals surface area contributed by atoms with Crippen LogP contribution in [0.25, 0.3) is 10.9 Å². The van der Waals surface area contributed by atoms with Gasteiger partial charge in [-0.2, -0.15) is 0 Å². The molecule has 15 heavy (non-hydrogen) atoms. The zero-order valence-electron chi connectivity index (χ0n) is 8.10. The Kier molecular flexibility index (Phi) is 3.09. The van der Waals surface area contributed by atoms with E-state index < -0.39 is 6.10 Å². The third kappa shape index (κ3) is 2.07. The molecule has 1 aromatic heterocycles. The quantitative estimate of drug-likeness (QED) is 0.892. The van der Waals surface area contributed by atoms with Crippen molar-refractivity contribution < 1.29 is 10.2 Å². The molecule has 1 aromatic carbocycles. The highest BCUT2D eigenvalue weighted by Gasteiger charge is 2.07. The van der Waals surface area contributed by atoms with Crippen molar-refractivity contribution in [3.05, 3.63) is 34.9 Å². The number of rotatable bonds is 3. The Hall–Kier alpha value is -0.840. The summed E-state index contributed by atoms with van der Waals surface area (Å²) >= 11 is 3.47. The summed E-state index contributed by atoms with van der Waals surface area (Å²) in [6, 6.07) is 7.91. The van der Waals surface area contributed by atoms with Gasteiger partial charge in [0.25, 0.3) is 0 Å². The molecular weight excluding hydrogens is 258 g/mol. The van der Waals surface area contributed by atoms with Crippen molar-refractivity contribution >= 4 is 26.8 Å². The molecule has 0 unspecified atom stereocenters. The average Bonchev–Trinajstić information content (AvgIpc) is 2.63. The van der Waals surface area contributed by atoms with E-state index in [2.05, 4.69) is 15.9 Å². The summed E-state index contributed by atoms with van der Waals surface area (Å²) in [5, 5.41) is 19.3. The van der Waals surface area contributed by atoms with Gasteiger partial charge in [0, 0.05) is 21.6 Å². The summed E-state index contributed by atoms with van der Waals surface area (Å²) in [4.78, 5) is 0. The Bertz CT molecular complexity index is 467. The first-order valence-corrected chi connectivity index (χ1v) is 5.54. The van der Waals surface area contributed by atoms with Gasteiger partial charge in [0.1, 0.15) is 0 Å². The Morgan fingerprint density at radius 2 is 2.13 bits per heavy atom. The highest BCUT2D eigenvalue weighted by Crippen LogP contribution is 2.24. The van der Waals surface area contributed by atoms with Gasteiger partial charge in [0.2, 0.25) is 0 Å². The maximum Gasteiger partial charge on any atom is 0.0949 e. The second-order valence-corrected chi connectivity index (χ2v) is 4.33. The van der Waals surface area contributed by atoms with Crippen LogP contribution >= 0.6 is 15.9 Å². The second-order valence-electron chi connectivity index (χ2n) is 3.48. The van der Waals surface area contributed by atoms with Crippen LogP contribution in [0, 0.1) is 0 Å². The minimum Gasteiger partial charge on any atom is -0.394 e. The molecule has 2 N–H and O–H groups in total. The van der Waals surface area contributed by atoms with Gasteiger partial charge in [-0.3, -0.25) is 0 Å². The maximum atomic E-state index is 9.38. The summed E-state index contributed by atoms with van der Waals surface area (Å²) in [6.07, 6.45) is 1.20. The van der Waals surface area contributed by atoms with E-state index in [0.29, 0.717) is 6.54 Å². The number of aliphatic hydroxyl groups is 2. The minimum atomic E-state index is -0.709. The van der Waals surface area contributed by atoms with Crippen molar-refractivity contribution in [2.45, 2.75) is 12.6 Å². The Labute approximate surface area is 96.1 Å². The molecule has 3 nitrogen and oxygen atoms in total. The Morgan fingerprint density at radius 3 is 2.87 bits per heavy atom. The van der Waals surface area contributed by atoms with Crippen LogP contribution in [0.2, 0.25) is 0 Å². The molecule has 0 saturated heterocycles. The van der Waals surface area contributed by atoms with Gasteiger partial charge in [-0.25, -0.2) is 0 Å².